The van der Waals surface area contributed by atoms with Crippen LogP contribution in [0.15, 0.2) is 42.5 Å². The molecule has 30 heavy (non-hydrogen) atoms. The second-order valence-electron chi connectivity index (χ2n) is 6.79. The summed E-state index contributed by atoms with van der Waals surface area (Å²) >= 11 is 1.70. The van der Waals surface area contributed by atoms with E-state index in [4.69, 9.17) is 14.2 Å². The van der Waals surface area contributed by atoms with Gasteiger partial charge in [-0.05, 0) is 36.3 Å². The number of rotatable bonds is 6. The number of hydrogen-bond acceptors (Lipinski definition) is 5. The number of methoxy groups -OCH3 is 3. The standard InChI is InChI=1S/C23H26FNO4S/c1-27-19-14-16(15-20(28-2)23(19)29-3)8-9-22(26)25-11-10-21(30-13-12-25)17-6-4-5-7-18(17)24/h4-9,14-15,21H,10-13H2,1-3H3/b9-8+. The maximum Gasteiger partial charge on any atom is 0.246 e. The van der Waals surface area contributed by atoms with Gasteiger partial charge in [-0.3, -0.25) is 4.79 Å². The highest BCUT2D eigenvalue weighted by Gasteiger charge is 2.23. The zero-order valence-corrected chi connectivity index (χ0v) is 18.2. The molecule has 1 aliphatic rings. The van der Waals surface area contributed by atoms with Crippen LogP contribution in [0.1, 0.15) is 22.8 Å². The minimum Gasteiger partial charge on any atom is -0.493 e. The normalized spacial score (nSPS) is 16.9. The predicted octanol–water partition coefficient (Wildman–Crippen LogP) is 4.57. The van der Waals surface area contributed by atoms with Gasteiger partial charge in [-0.2, -0.15) is 11.8 Å². The molecule has 5 nitrogen and oxygen atoms in total. The van der Waals surface area contributed by atoms with Crippen molar-refractivity contribution in [1.29, 1.82) is 0 Å². The monoisotopic (exact) mass is 431 g/mol. The molecule has 0 saturated carbocycles. The van der Waals surface area contributed by atoms with E-state index in [1.807, 2.05) is 17.0 Å². The lowest BCUT2D eigenvalue weighted by molar-refractivity contribution is -0.125. The number of thioether (sulfide) groups is 1. The molecule has 160 valence electrons. The lowest BCUT2D eigenvalue weighted by Crippen LogP contribution is -2.31. The van der Waals surface area contributed by atoms with Gasteiger partial charge >= 0.3 is 0 Å². The summed E-state index contributed by atoms with van der Waals surface area (Å²) in [5, 5.41) is 0.0584. The highest BCUT2D eigenvalue weighted by Crippen LogP contribution is 2.39. The minimum atomic E-state index is -0.183. The number of carbonyl (C=O) groups excluding carboxylic acids is 1. The summed E-state index contributed by atoms with van der Waals surface area (Å²) in [6.07, 6.45) is 4.00. The van der Waals surface area contributed by atoms with Crippen LogP contribution in [0.4, 0.5) is 4.39 Å². The molecule has 1 amide bonds. The molecule has 0 aromatic heterocycles. The third kappa shape index (κ3) is 5.08. The Morgan fingerprint density at radius 2 is 1.80 bits per heavy atom. The molecule has 1 unspecified atom stereocenters. The minimum absolute atomic E-state index is 0.0584. The Bertz CT molecular complexity index is 893. The number of hydrogen-bond donors (Lipinski definition) is 0. The molecule has 0 bridgehead atoms. The van der Waals surface area contributed by atoms with E-state index in [-0.39, 0.29) is 17.0 Å². The number of nitrogens with zero attached hydrogens (tertiary/aromatic N) is 1. The predicted molar refractivity (Wildman–Crippen MR) is 118 cm³/mol. The van der Waals surface area contributed by atoms with E-state index in [2.05, 4.69) is 0 Å². The second-order valence-corrected chi connectivity index (χ2v) is 8.10. The molecule has 3 rings (SSSR count). The van der Waals surface area contributed by atoms with Crippen molar-refractivity contribution in [3.8, 4) is 17.2 Å². The molecule has 0 N–H and O–H groups in total. The van der Waals surface area contributed by atoms with Gasteiger partial charge in [0.05, 0.1) is 21.3 Å². The van der Waals surface area contributed by atoms with E-state index in [0.717, 1.165) is 17.7 Å². The van der Waals surface area contributed by atoms with Crippen LogP contribution >= 0.6 is 11.8 Å². The van der Waals surface area contributed by atoms with Gasteiger partial charge in [0.2, 0.25) is 11.7 Å². The number of carbonyl (C=O) groups is 1. The Kier molecular flexibility index (Phi) is 7.63. The lowest BCUT2D eigenvalue weighted by atomic mass is 10.1. The van der Waals surface area contributed by atoms with Gasteiger partial charge in [0.15, 0.2) is 11.5 Å². The Balaban J connectivity index is 1.69. The van der Waals surface area contributed by atoms with Crippen molar-refractivity contribution in [2.24, 2.45) is 0 Å². The van der Waals surface area contributed by atoms with Gasteiger partial charge in [0.1, 0.15) is 5.82 Å². The lowest BCUT2D eigenvalue weighted by Gasteiger charge is -2.18. The maximum atomic E-state index is 14.1. The summed E-state index contributed by atoms with van der Waals surface area (Å²) in [7, 11) is 4.65. The summed E-state index contributed by atoms with van der Waals surface area (Å²) in [6, 6.07) is 10.4. The van der Waals surface area contributed by atoms with E-state index in [1.54, 1.807) is 63.4 Å². The van der Waals surface area contributed by atoms with Crippen molar-refractivity contribution in [3.63, 3.8) is 0 Å². The molecule has 1 heterocycles. The fourth-order valence-electron chi connectivity index (χ4n) is 3.45. The molecule has 2 aromatic carbocycles. The highest BCUT2D eigenvalue weighted by molar-refractivity contribution is 7.99. The van der Waals surface area contributed by atoms with Crippen molar-refractivity contribution < 1.29 is 23.4 Å². The zero-order valence-electron chi connectivity index (χ0n) is 17.4. The summed E-state index contributed by atoms with van der Waals surface area (Å²) in [5.74, 6) is 2.08. The first-order valence-corrected chi connectivity index (χ1v) is 10.7. The van der Waals surface area contributed by atoms with Crippen molar-refractivity contribution in [2.75, 3.05) is 40.2 Å². The van der Waals surface area contributed by atoms with Crippen LogP contribution in [0.2, 0.25) is 0 Å². The number of ether oxygens (including phenoxy) is 3. The smallest absolute Gasteiger partial charge is 0.246 e. The first-order chi connectivity index (χ1) is 14.6. The Morgan fingerprint density at radius 1 is 1.10 bits per heavy atom. The summed E-state index contributed by atoms with van der Waals surface area (Å²) < 4.78 is 30.1. The number of halogens is 1. The topological polar surface area (TPSA) is 48.0 Å². The Morgan fingerprint density at radius 3 is 2.43 bits per heavy atom. The average Bonchev–Trinajstić information content (AvgIpc) is 3.03. The van der Waals surface area contributed by atoms with Gasteiger partial charge in [0.25, 0.3) is 0 Å². The molecule has 1 saturated heterocycles. The molecule has 0 spiro atoms. The zero-order chi connectivity index (χ0) is 21.5. The summed E-state index contributed by atoms with van der Waals surface area (Å²) in [6.45, 7) is 1.22. The SMILES string of the molecule is COc1cc(/C=C/C(=O)N2CCSC(c3ccccc3F)CC2)cc(OC)c1OC. The fraction of sp³-hybridized carbons (Fsp3) is 0.348. The molecule has 0 aliphatic carbocycles. The molecule has 2 aromatic rings. The van der Waals surface area contributed by atoms with Crippen LogP contribution in [0, 0.1) is 5.82 Å². The van der Waals surface area contributed by atoms with E-state index < -0.39 is 0 Å². The van der Waals surface area contributed by atoms with Crippen LogP contribution < -0.4 is 14.2 Å². The van der Waals surface area contributed by atoms with E-state index in [0.29, 0.717) is 35.9 Å². The van der Waals surface area contributed by atoms with Crippen molar-refractivity contribution in [2.45, 2.75) is 11.7 Å². The van der Waals surface area contributed by atoms with Gasteiger partial charge < -0.3 is 19.1 Å². The number of amides is 1. The first-order valence-electron chi connectivity index (χ1n) is 9.70. The third-order valence-electron chi connectivity index (χ3n) is 5.01. The molecule has 1 fully saturated rings. The van der Waals surface area contributed by atoms with Crippen LogP contribution in [0.5, 0.6) is 17.2 Å². The molecule has 0 radical (unpaired) electrons. The van der Waals surface area contributed by atoms with Crippen LogP contribution in [-0.2, 0) is 4.79 Å². The maximum absolute atomic E-state index is 14.1. The second kappa shape index (κ2) is 10.4. The van der Waals surface area contributed by atoms with E-state index in [9.17, 15) is 9.18 Å². The van der Waals surface area contributed by atoms with Crippen LogP contribution in [0.25, 0.3) is 6.08 Å². The van der Waals surface area contributed by atoms with Crippen molar-refractivity contribution in [1.82, 2.24) is 4.90 Å². The van der Waals surface area contributed by atoms with Crippen molar-refractivity contribution >= 4 is 23.7 Å². The number of benzene rings is 2. The molecular formula is C23H26FNO4S. The van der Waals surface area contributed by atoms with Crippen LogP contribution in [-0.4, -0.2) is 51.0 Å². The van der Waals surface area contributed by atoms with Crippen LogP contribution in [0.3, 0.4) is 0 Å². The average molecular weight is 432 g/mol. The van der Waals surface area contributed by atoms with Gasteiger partial charge in [-0.25, -0.2) is 4.39 Å². The summed E-state index contributed by atoms with van der Waals surface area (Å²) in [4.78, 5) is 14.5. The van der Waals surface area contributed by atoms with Gasteiger partial charge in [-0.1, -0.05) is 18.2 Å². The molecule has 1 atom stereocenters. The van der Waals surface area contributed by atoms with Crippen molar-refractivity contribution in [3.05, 3.63) is 59.4 Å². The highest BCUT2D eigenvalue weighted by atomic mass is 32.2. The molecule has 7 heteroatoms. The quantitative estimate of drug-likeness (QED) is 0.627. The Hall–Kier alpha value is -2.67. The van der Waals surface area contributed by atoms with Gasteiger partial charge in [0, 0.05) is 35.7 Å². The molecular weight excluding hydrogens is 405 g/mol. The first kappa shape index (κ1) is 22.0. The Labute approximate surface area is 180 Å². The van der Waals surface area contributed by atoms with E-state index >= 15 is 0 Å². The van der Waals surface area contributed by atoms with E-state index in [1.165, 1.54) is 6.07 Å². The third-order valence-corrected chi connectivity index (χ3v) is 6.32. The molecule has 1 aliphatic heterocycles. The fourth-order valence-corrected chi connectivity index (χ4v) is 4.70. The summed E-state index contributed by atoms with van der Waals surface area (Å²) in [5.41, 5.74) is 1.48. The van der Waals surface area contributed by atoms with Gasteiger partial charge in [-0.15, -0.1) is 0 Å². The largest absolute Gasteiger partial charge is 0.493 e.